The van der Waals surface area contributed by atoms with Gasteiger partial charge in [-0.15, -0.1) is 0 Å². The quantitative estimate of drug-likeness (QED) is 0.491. The van der Waals surface area contributed by atoms with Crippen LogP contribution in [0, 0.1) is 0 Å². The van der Waals surface area contributed by atoms with Crippen molar-refractivity contribution in [2.24, 2.45) is 0 Å². The molecule has 0 bridgehead atoms. The van der Waals surface area contributed by atoms with Crippen LogP contribution in [0.1, 0.15) is 0 Å². The molecule has 0 aliphatic carbocycles. The Bertz CT molecular complexity index is 8.00. The molecule has 0 spiro atoms. The summed E-state index contributed by atoms with van der Waals surface area (Å²) in [6.07, 6.45) is 2.12. The van der Waals surface area contributed by atoms with Crippen LogP contribution in [0.15, 0.2) is 0 Å². The van der Waals surface area contributed by atoms with E-state index in [1.807, 2.05) is 10.2 Å². The predicted octanol–water partition coefficient (Wildman–Crippen LogP) is 1.02. The summed E-state index contributed by atoms with van der Waals surface area (Å²) < 4.78 is 0. The monoisotopic (exact) mass is 142 g/mol. The van der Waals surface area contributed by atoms with Crippen molar-refractivity contribution in [3.63, 3.8) is 0 Å². The van der Waals surface area contributed by atoms with Gasteiger partial charge in [0.1, 0.15) is 0 Å². The molecule has 0 N–H and O–H groups in total. The van der Waals surface area contributed by atoms with E-state index < -0.39 is 0 Å². The van der Waals surface area contributed by atoms with Crippen LogP contribution >= 0.6 is 10.2 Å². The molecule has 0 fully saturated rings. The number of hydrogen-bond donors (Lipinski definition) is 0. The maximum atomic E-state index is 2.21. The normalized spacial score (nSPS) is 7.50. The Kier molecular flexibility index (Phi) is 4.71. The van der Waals surface area contributed by atoms with E-state index in [0.29, 0.717) is 0 Å². The van der Waals surface area contributed by atoms with Crippen molar-refractivity contribution in [1.29, 1.82) is 0 Å². The molecule has 26 valence electrons. The summed E-state index contributed by atoms with van der Waals surface area (Å²) in [4.78, 5) is 0. The summed E-state index contributed by atoms with van der Waals surface area (Å²) in [7, 11) is 1.92. The van der Waals surface area contributed by atoms with Gasteiger partial charge in [0.15, 0.2) is 0 Å². The first-order chi connectivity index (χ1) is 1.91. The SMILES string of the molecule is CS[Se]C. The fraction of sp³-hybridized carbons (Fsp3) is 1.00. The van der Waals surface area contributed by atoms with Crippen LogP contribution in [-0.2, 0) is 0 Å². The van der Waals surface area contributed by atoms with Gasteiger partial charge in [0.05, 0.1) is 0 Å². The number of rotatable bonds is 1. The Morgan fingerprint density at radius 2 is 2.00 bits per heavy atom. The second-order valence-electron chi connectivity index (χ2n) is 0.333. The van der Waals surface area contributed by atoms with Gasteiger partial charge in [-0.3, -0.25) is 0 Å². The fourth-order valence-electron chi connectivity index (χ4n) is 0. The minimum atomic E-state index is 0.833. The molecule has 4 heavy (non-hydrogen) atoms. The second kappa shape index (κ2) is 3.87. The summed E-state index contributed by atoms with van der Waals surface area (Å²) in [6.45, 7) is 0. The zero-order valence-electron chi connectivity index (χ0n) is 2.82. The Hall–Kier alpha value is 0.869. The Morgan fingerprint density at radius 1 is 1.75 bits per heavy atom. The van der Waals surface area contributed by atoms with Crippen molar-refractivity contribution in [2.45, 2.75) is 5.82 Å². The molecule has 0 amide bonds. The Labute approximate surface area is 36.6 Å². The van der Waals surface area contributed by atoms with Crippen LogP contribution in [0.4, 0.5) is 0 Å². The molecule has 0 unspecified atom stereocenters. The molecule has 0 radical (unpaired) electrons. The van der Waals surface area contributed by atoms with Crippen LogP contribution in [0.25, 0.3) is 0 Å². The Balaban J connectivity index is 1.97. The van der Waals surface area contributed by atoms with Gasteiger partial charge in [0.2, 0.25) is 0 Å². The minimum absolute atomic E-state index is 0.833. The van der Waals surface area contributed by atoms with E-state index in [1.165, 1.54) is 0 Å². The van der Waals surface area contributed by atoms with Gasteiger partial charge < -0.3 is 0 Å². The third-order valence-electron chi connectivity index (χ3n) is 0.167. The van der Waals surface area contributed by atoms with Gasteiger partial charge in [-0.05, 0) is 0 Å². The molecule has 0 aliphatic rings. The molecule has 0 saturated carbocycles. The zero-order valence-corrected chi connectivity index (χ0v) is 5.35. The molecule has 0 rings (SSSR count). The van der Waals surface area contributed by atoms with E-state index in [-0.39, 0.29) is 0 Å². The summed E-state index contributed by atoms with van der Waals surface area (Å²) in [5.41, 5.74) is 0. The van der Waals surface area contributed by atoms with E-state index in [0.717, 1.165) is 13.8 Å². The molecular formula is C2H6SSe. The van der Waals surface area contributed by atoms with E-state index in [1.54, 1.807) is 0 Å². The standard InChI is InChI=1S/C2H6SSe/c1-3-4-2/h1-2H3. The van der Waals surface area contributed by atoms with Crippen LogP contribution in [-0.4, -0.2) is 20.1 Å². The topological polar surface area (TPSA) is 0 Å². The van der Waals surface area contributed by atoms with Gasteiger partial charge in [0, 0.05) is 0 Å². The molecule has 0 heterocycles. The average Bonchev–Trinajstić information content (AvgIpc) is 1.37. The summed E-state index contributed by atoms with van der Waals surface area (Å²) >= 11 is 0.833. The van der Waals surface area contributed by atoms with Crippen molar-refractivity contribution in [2.75, 3.05) is 6.26 Å². The third-order valence-corrected chi connectivity index (χ3v) is 2.60. The van der Waals surface area contributed by atoms with E-state index >= 15 is 0 Å². The Morgan fingerprint density at radius 3 is 2.00 bits per heavy atom. The molecule has 2 heteroatoms. The van der Waals surface area contributed by atoms with Gasteiger partial charge in [0.25, 0.3) is 0 Å². The van der Waals surface area contributed by atoms with Crippen molar-refractivity contribution in [1.82, 2.24) is 0 Å². The molecular weight excluding hydrogens is 135 g/mol. The second-order valence-corrected chi connectivity index (χ2v) is 5.20. The summed E-state index contributed by atoms with van der Waals surface area (Å²) in [6, 6.07) is 0. The molecule has 0 aliphatic heterocycles. The average molecular weight is 141 g/mol. The first-order valence-electron chi connectivity index (χ1n) is 0.983. The van der Waals surface area contributed by atoms with Crippen molar-refractivity contribution in [3.8, 4) is 0 Å². The number of hydrogen-bond acceptors (Lipinski definition) is 1. The van der Waals surface area contributed by atoms with Gasteiger partial charge in [-0.1, -0.05) is 0 Å². The first kappa shape index (κ1) is 4.87. The molecule has 0 aromatic rings. The van der Waals surface area contributed by atoms with Crippen molar-refractivity contribution >= 4 is 24.0 Å². The molecule has 0 nitrogen and oxygen atoms in total. The molecule has 0 aromatic carbocycles. The maximum absolute atomic E-state index is 2.21. The molecule has 0 atom stereocenters. The van der Waals surface area contributed by atoms with Crippen molar-refractivity contribution in [3.05, 3.63) is 0 Å². The van der Waals surface area contributed by atoms with E-state index in [2.05, 4.69) is 12.1 Å². The van der Waals surface area contributed by atoms with Gasteiger partial charge >= 0.3 is 36.1 Å². The van der Waals surface area contributed by atoms with Crippen LogP contribution in [0.2, 0.25) is 5.82 Å². The first-order valence-corrected chi connectivity index (χ1v) is 5.94. The van der Waals surface area contributed by atoms with E-state index in [4.69, 9.17) is 0 Å². The van der Waals surface area contributed by atoms with E-state index in [9.17, 15) is 0 Å². The van der Waals surface area contributed by atoms with Gasteiger partial charge in [-0.2, -0.15) is 0 Å². The van der Waals surface area contributed by atoms with Gasteiger partial charge in [-0.25, -0.2) is 0 Å². The summed E-state index contributed by atoms with van der Waals surface area (Å²) in [5, 5.41) is 0. The third kappa shape index (κ3) is 2.87. The predicted molar refractivity (Wildman–Crippen MR) is 25.1 cm³/mol. The molecule has 0 aromatic heterocycles. The zero-order chi connectivity index (χ0) is 3.41. The fourth-order valence-corrected chi connectivity index (χ4v) is 0. The van der Waals surface area contributed by atoms with Crippen LogP contribution < -0.4 is 0 Å². The molecule has 0 saturated heterocycles. The van der Waals surface area contributed by atoms with Crippen molar-refractivity contribution < 1.29 is 0 Å². The van der Waals surface area contributed by atoms with Crippen LogP contribution in [0.3, 0.4) is 0 Å². The summed E-state index contributed by atoms with van der Waals surface area (Å²) in [5.74, 6) is 2.21. The van der Waals surface area contributed by atoms with Crippen LogP contribution in [0.5, 0.6) is 0 Å².